The highest BCUT2D eigenvalue weighted by atomic mass is 16.2. The number of nitrogens with zero attached hydrogens (tertiary/aromatic N) is 3. The molecule has 0 bridgehead atoms. The van der Waals surface area contributed by atoms with Gasteiger partial charge in [0.25, 0.3) is 5.56 Å². The highest BCUT2D eigenvalue weighted by molar-refractivity contribution is 5.77. The molecule has 1 aromatic heterocycles. The van der Waals surface area contributed by atoms with Crippen LogP contribution in [-0.2, 0) is 17.9 Å². The van der Waals surface area contributed by atoms with Gasteiger partial charge in [0.1, 0.15) is 0 Å². The predicted octanol–water partition coefficient (Wildman–Crippen LogP) is 1.42. The summed E-state index contributed by atoms with van der Waals surface area (Å²) < 4.78 is 1.12. The second-order valence-electron chi connectivity index (χ2n) is 7.33. The smallest absolute Gasteiger partial charge is 0.328 e. The lowest BCUT2D eigenvalue weighted by Gasteiger charge is -2.34. The number of aromatic amines is 1. The molecule has 2 aromatic carbocycles. The van der Waals surface area contributed by atoms with Crippen molar-refractivity contribution in [1.29, 1.82) is 0 Å². The zero-order chi connectivity index (χ0) is 20.2. The highest BCUT2D eigenvalue weighted by Crippen LogP contribution is 2.10. The number of carbonyl (C=O) groups is 1. The molecule has 0 saturated carbocycles. The molecule has 1 amide bonds. The lowest BCUT2D eigenvalue weighted by Crippen LogP contribution is -2.48. The zero-order valence-electron chi connectivity index (χ0n) is 16.2. The summed E-state index contributed by atoms with van der Waals surface area (Å²) in [5, 5.41) is 0.453. The number of carbonyl (C=O) groups excluding carboxylic acids is 1. The van der Waals surface area contributed by atoms with E-state index in [4.69, 9.17) is 0 Å². The molecule has 4 rings (SSSR count). The van der Waals surface area contributed by atoms with Crippen molar-refractivity contribution in [1.82, 2.24) is 19.4 Å². The molecular formula is C22H24N4O3. The molecule has 0 spiro atoms. The van der Waals surface area contributed by atoms with Gasteiger partial charge < -0.3 is 9.88 Å². The molecular weight excluding hydrogens is 368 g/mol. The molecule has 0 radical (unpaired) electrons. The Morgan fingerprint density at radius 1 is 0.897 bits per heavy atom. The third-order valence-electron chi connectivity index (χ3n) is 5.41. The van der Waals surface area contributed by atoms with Crippen LogP contribution in [0.4, 0.5) is 0 Å². The molecule has 2 heterocycles. The average molecular weight is 392 g/mol. The SMILES string of the molecule is O=C(CCn1c(=O)[nH]c2ccccc2c1=O)N1CCN(Cc2ccccc2)CC1. The topological polar surface area (TPSA) is 78.4 Å². The van der Waals surface area contributed by atoms with Crippen LogP contribution in [0, 0.1) is 0 Å². The quantitative estimate of drug-likeness (QED) is 0.712. The van der Waals surface area contributed by atoms with Crippen LogP contribution in [0.3, 0.4) is 0 Å². The summed E-state index contributed by atoms with van der Waals surface area (Å²) in [4.78, 5) is 44.3. The molecule has 3 aromatic rings. The van der Waals surface area contributed by atoms with E-state index in [2.05, 4.69) is 22.0 Å². The first-order valence-electron chi connectivity index (χ1n) is 9.88. The number of hydrogen-bond acceptors (Lipinski definition) is 4. The van der Waals surface area contributed by atoms with Gasteiger partial charge in [-0.1, -0.05) is 42.5 Å². The van der Waals surface area contributed by atoms with Gasteiger partial charge in [-0.2, -0.15) is 0 Å². The molecule has 1 fully saturated rings. The van der Waals surface area contributed by atoms with Crippen LogP contribution < -0.4 is 11.2 Å². The maximum absolute atomic E-state index is 12.6. The molecule has 7 nitrogen and oxygen atoms in total. The number of piperazine rings is 1. The summed E-state index contributed by atoms with van der Waals surface area (Å²) in [7, 11) is 0. The van der Waals surface area contributed by atoms with Crippen molar-refractivity contribution in [3.63, 3.8) is 0 Å². The molecule has 0 aliphatic carbocycles. The minimum Gasteiger partial charge on any atom is -0.340 e. The number of hydrogen-bond donors (Lipinski definition) is 1. The summed E-state index contributed by atoms with van der Waals surface area (Å²) in [6, 6.07) is 17.2. The van der Waals surface area contributed by atoms with E-state index < -0.39 is 5.69 Å². The van der Waals surface area contributed by atoms with Crippen molar-refractivity contribution in [2.75, 3.05) is 26.2 Å². The number of fused-ring (bicyclic) bond motifs is 1. The molecule has 1 aliphatic rings. The Balaban J connectivity index is 1.35. The standard InChI is InChI=1S/C22H24N4O3/c27-20(25-14-12-24(13-15-25)16-17-6-2-1-3-7-17)10-11-26-21(28)18-8-4-5-9-19(18)23-22(26)29/h1-9H,10-16H2,(H,23,29). The van der Waals surface area contributed by atoms with Crippen molar-refractivity contribution in [2.45, 2.75) is 19.5 Å². The van der Waals surface area contributed by atoms with Gasteiger partial charge in [0, 0.05) is 45.7 Å². The number of nitrogens with one attached hydrogen (secondary N) is 1. The van der Waals surface area contributed by atoms with E-state index in [0.29, 0.717) is 24.0 Å². The van der Waals surface area contributed by atoms with Crippen LogP contribution in [0.25, 0.3) is 10.9 Å². The maximum atomic E-state index is 12.6. The van der Waals surface area contributed by atoms with Gasteiger partial charge in [-0.3, -0.25) is 19.1 Å². The number of amides is 1. The second-order valence-corrected chi connectivity index (χ2v) is 7.33. The van der Waals surface area contributed by atoms with E-state index in [9.17, 15) is 14.4 Å². The normalized spacial score (nSPS) is 15.0. The number of rotatable bonds is 5. The molecule has 0 unspecified atom stereocenters. The highest BCUT2D eigenvalue weighted by Gasteiger charge is 2.21. The van der Waals surface area contributed by atoms with Gasteiger partial charge in [0.15, 0.2) is 0 Å². The Morgan fingerprint density at radius 2 is 1.59 bits per heavy atom. The number of aromatic nitrogens is 2. The molecule has 150 valence electrons. The zero-order valence-corrected chi connectivity index (χ0v) is 16.2. The first kappa shape index (κ1) is 19.1. The fourth-order valence-electron chi connectivity index (χ4n) is 3.76. The minimum atomic E-state index is -0.478. The lowest BCUT2D eigenvalue weighted by molar-refractivity contribution is -0.133. The molecule has 1 saturated heterocycles. The summed E-state index contributed by atoms with van der Waals surface area (Å²) in [6.07, 6.45) is 0.139. The molecule has 7 heteroatoms. The van der Waals surface area contributed by atoms with Crippen molar-refractivity contribution in [2.24, 2.45) is 0 Å². The summed E-state index contributed by atoms with van der Waals surface area (Å²) in [6.45, 7) is 3.92. The van der Waals surface area contributed by atoms with E-state index in [1.807, 2.05) is 23.1 Å². The van der Waals surface area contributed by atoms with Gasteiger partial charge in [0.05, 0.1) is 10.9 Å². The van der Waals surface area contributed by atoms with Gasteiger partial charge in [-0.05, 0) is 17.7 Å². The Morgan fingerprint density at radius 3 is 2.34 bits per heavy atom. The largest absolute Gasteiger partial charge is 0.340 e. The van der Waals surface area contributed by atoms with Crippen LogP contribution in [-0.4, -0.2) is 51.4 Å². The Kier molecular flexibility index (Phi) is 5.57. The van der Waals surface area contributed by atoms with E-state index in [0.717, 1.165) is 24.2 Å². The van der Waals surface area contributed by atoms with Crippen LogP contribution in [0.5, 0.6) is 0 Å². The Hall–Kier alpha value is -3.19. The predicted molar refractivity (Wildman–Crippen MR) is 112 cm³/mol. The first-order valence-corrected chi connectivity index (χ1v) is 9.88. The van der Waals surface area contributed by atoms with Gasteiger partial charge in [-0.25, -0.2) is 4.79 Å². The van der Waals surface area contributed by atoms with Crippen molar-refractivity contribution >= 4 is 16.8 Å². The molecule has 1 aliphatic heterocycles. The second kappa shape index (κ2) is 8.45. The van der Waals surface area contributed by atoms with Crippen molar-refractivity contribution in [3.05, 3.63) is 81.0 Å². The number of benzene rings is 2. The fraction of sp³-hybridized carbons (Fsp3) is 0.318. The van der Waals surface area contributed by atoms with Crippen LogP contribution in [0.2, 0.25) is 0 Å². The fourth-order valence-corrected chi connectivity index (χ4v) is 3.76. The third-order valence-corrected chi connectivity index (χ3v) is 5.41. The van der Waals surface area contributed by atoms with Gasteiger partial charge >= 0.3 is 5.69 Å². The van der Waals surface area contributed by atoms with Gasteiger partial charge in [0.2, 0.25) is 5.91 Å². The molecule has 1 N–H and O–H groups in total. The van der Waals surface area contributed by atoms with E-state index in [1.165, 1.54) is 5.56 Å². The lowest BCUT2D eigenvalue weighted by atomic mass is 10.2. The minimum absolute atomic E-state index is 0.0242. The van der Waals surface area contributed by atoms with Crippen LogP contribution >= 0.6 is 0 Å². The summed E-state index contributed by atoms with van der Waals surface area (Å²) in [5.41, 5.74) is 0.945. The van der Waals surface area contributed by atoms with E-state index in [-0.39, 0.29) is 24.4 Å². The van der Waals surface area contributed by atoms with Gasteiger partial charge in [-0.15, -0.1) is 0 Å². The average Bonchev–Trinajstić information content (AvgIpc) is 2.75. The molecule has 0 atom stereocenters. The first-order chi connectivity index (χ1) is 14.1. The van der Waals surface area contributed by atoms with E-state index in [1.54, 1.807) is 24.3 Å². The summed E-state index contributed by atoms with van der Waals surface area (Å²) >= 11 is 0. The Labute approximate surface area is 168 Å². The van der Waals surface area contributed by atoms with Crippen LogP contribution in [0.1, 0.15) is 12.0 Å². The van der Waals surface area contributed by atoms with Crippen molar-refractivity contribution in [3.8, 4) is 0 Å². The van der Waals surface area contributed by atoms with Crippen molar-refractivity contribution < 1.29 is 4.79 Å². The van der Waals surface area contributed by atoms with Crippen LogP contribution in [0.15, 0.2) is 64.2 Å². The maximum Gasteiger partial charge on any atom is 0.328 e. The summed E-state index contributed by atoms with van der Waals surface area (Å²) in [5.74, 6) is -0.0242. The molecule has 29 heavy (non-hydrogen) atoms. The van der Waals surface area contributed by atoms with E-state index >= 15 is 0 Å². The number of para-hydroxylation sites is 1. The third kappa shape index (κ3) is 4.30. The Bertz CT molecular complexity index is 1110. The number of H-pyrrole nitrogens is 1. The monoisotopic (exact) mass is 392 g/mol.